The van der Waals surface area contributed by atoms with Crippen LogP contribution in [0.15, 0.2) is 58.5 Å². The van der Waals surface area contributed by atoms with Gasteiger partial charge in [0.25, 0.3) is 0 Å². The van der Waals surface area contributed by atoms with Crippen LogP contribution in [-0.4, -0.2) is 30.4 Å². The lowest BCUT2D eigenvalue weighted by Gasteiger charge is -2.08. The smallest absolute Gasteiger partial charge is 0.395 e. The lowest BCUT2D eigenvalue weighted by Crippen LogP contribution is -2.14. The van der Waals surface area contributed by atoms with E-state index in [-0.39, 0.29) is 12.1 Å². The van der Waals surface area contributed by atoms with Crippen molar-refractivity contribution in [3.63, 3.8) is 0 Å². The average molecular weight is 380 g/mol. The normalized spacial score (nSPS) is 12.1. The van der Waals surface area contributed by atoms with Gasteiger partial charge in [-0.05, 0) is 62.1 Å². The van der Waals surface area contributed by atoms with Gasteiger partial charge in [-0.1, -0.05) is 24.3 Å². The van der Waals surface area contributed by atoms with Gasteiger partial charge in [0.2, 0.25) is 12.2 Å². The molecule has 0 radical (unpaired) electrons. The van der Waals surface area contributed by atoms with Crippen molar-refractivity contribution in [1.82, 2.24) is 0 Å². The number of ether oxygens (including phenoxy) is 2. The summed E-state index contributed by atoms with van der Waals surface area (Å²) >= 11 is 0. The Morgan fingerprint density at radius 2 is 1.14 bits per heavy atom. The molecule has 0 amide bonds. The zero-order chi connectivity index (χ0) is 20.4. The highest BCUT2D eigenvalue weighted by molar-refractivity contribution is 5.67. The van der Waals surface area contributed by atoms with Crippen LogP contribution in [0.3, 0.4) is 0 Å². The lowest BCUT2D eigenvalue weighted by molar-refractivity contribution is 0.152. The molecular weight excluding hydrogens is 360 g/mol. The summed E-state index contributed by atoms with van der Waals surface area (Å²) in [6.45, 7) is 3.63. The van der Waals surface area contributed by atoms with Gasteiger partial charge in [-0.15, -0.1) is 0 Å². The van der Waals surface area contributed by atoms with Crippen LogP contribution in [0, 0.1) is 0 Å². The Morgan fingerprint density at radius 3 is 1.46 bits per heavy atom. The fourth-order valence-electron chi connectivity index (χ4n) is 2.55. The van der Waals surface area contributed by atoms with E-state index >= 15 is 0 Å². The number of hydrogen-bond acceptors (Lipinski definition) is 7. The largest absolute Gasteiger partial charge is 0.519 e. The highest BCUT2D eigenvalue weighted by Crippen LogP contribution is 2.17. The standard InChI is InChI=1S/C21H20N2O5/c1-15(22-13-24)11-17-3-7-19(8-4-17)27-21(26)28-20-9-5-18(6-10-20)12-16(2)23-14-25/h3-10,15-16H,11-12H2,1-2H3/t15-,16-/m1/s1. The number of carbonyl (C=O) groups is 1. The number of hydrogen-bond donors (Lipinski definition) is 0. The van der Waals surface area contributed by atoms with Crippen molar-refractivity contribution < 1.29 is 23.9 Å². The number of aliphatic imine (C=N–C) groups is 2. The lowest BCUT2D eigenvalue weighted by atomic mass is 10.1. The predicted molar refractivity (Wildman–Crippen MR) is 102 cm³/mol. The number of nitrogens with zero attached hydrogens (tertiary/aromatic N) is 2. The van der Waals surface area contributed by atoms with Gasteiger partial charge in [-0.2, -0.15) is 0 Å². The van der Waals surface area contributed by atoms with Gasteiger partial charge >= 0.3 is 6.16 Å². The summed E-state index contributed by atoms with van der Waals surface area (Å²) in [4.78, 5) is 39.7. The average Bonchev–Trinajstić information content (AvgIpc) is 2.65. The minimum Gasteiger partial charge on any atom is -0.395 e. The second-order valence-electron chi connectivity index (χ2n) is 6.29. The molecule has 0 fully saturated rings. The van der Waals surface area contributed by atoms with Crippen LogP contribution in [-0.2, 0) is 22.4 Å². The first-order valence-corrected chi connectivity index (χ1v) is 8.71. The second kappa shape index (κ2) is 10.6. The van der Waals surface area contributed by atoms with E-state index in [1.54, 1.807) is 48.5 Å². The van der Waals surface area contributed by atoms with Gasteiger partial charge in [0, 0.05) is 0 Å². The topological polar surface area (TPSA) is 94.4 Å². The van der Waals surface area contributed by atoms with Crippen molar-refractivity contribution >= 4 is 18.3 Å². The van der Waals surface area contributed by atoms with Crippen LogP contribution in [0.1, 0.15) is 25.0 Å². The van der Waals surface area contributed by atoms with E-state index in [2.05, 4.69) is 9.98 Å². The molecule has 28 heavy (non-hydrogen) atoms. The van der Waals surface area contributed by atoms with Crippen molar-refractivity contribution in [2.45, 2.75) is 38.8 Å². The molecule has 0 unspecified atom stereocenters. The first kappa shape index (κ1) is 20.8. The summed E-state index contributed by atoms with van der Waals surface area (Å²) in [7, 11) is 0. The van der Waals surface area contributed by atoms with Crippen molar-refractivity contribution in [1.29, 1.82) is 0 Å². The molecule has 7 heteroatoms. The first-order valence-electron chi connectivity index (χ1n) is 8.71. The summed E-state index contributed by atoms with van der Waals surface area (Å²) in [5.41, 5.74) is 1.91. The maximum Gasteiger partial charge on any atom is 0.519 e. The van der Waals surface area contributed by atoms with E-state index in [4.69, 9.17) is 9.47 Å². The molecule has 0 aliphatic carbocycles. The number of benzene rings is 2. The van der Waals surface area contributed by atoms with E-state index < -0.39 is 6.16 Å². The molecule has 0 aliphatic heterocycles. The Bertz CT molecular complexity index is 807. The van der Waals surface area contributed by atoms with Crippen molar-refractivity contribution in [2.24, 2.45) is 9.98 Å². The second-order valence-corrected chi connectivity index (χ2v) is 6.29. The molecule has 2 aromatic rings. The Hall–Kier alpha value is -3.53. The van der Waals surface area contributed by atoms with E-state index in [0.29, 0.717) is 24.3 Å². The molecule has 0 aliphatic rings. The van der Waals surface area contributed by atoms with E-state index in [1.165, 1.54) is 12.2 Å². The van der Waals surface area contributed by atoms with E-state index in [0.717, 1.165) is 11.1 Å². The molecule has 7 nitrogen and oxygen atoms in total. The molecule has 2 atom stereocenters. The van der Waals surface area contributed by atoms with Crippen molar-refractivity contribution in [3.8, 4) is 11.5 Å². The monoisotopic (exact) mass is 380 g/mol. The van der Waals surface area contributed by atoms with Gasteiger partial charge in [0.05, 0.1) is 12.1 Å². The Labute approximate surface area is 162 Å². The van der Waals surface area contributed by atoms with Crippen LogP contribution in [0.4, 0.5) is 4.79 Å². The summed E-state index contributed by atoms with van der Waals surface area (Å²) in [6.07, 6.45) is 3.40. The molecule has 2 rings (SSSR count). The minimum absolute atomic E-state index is 0.162. The summed E-state index contributed by atoms with van der Waals surface area (Å²) < 4.78 is 10.3. The molecule has 0 bridgehead atoms. The molecule has 0 spiro atoms. The Morgan fingerprint density at radius 1 is 0.786 bits per heavy atom. The maximum atomic E-state index is 11.9. The van der Waals surface area contributed by atoms with Crippen LogP contribution in [0.2, 0.25) is 0 Å². The third kappa shape index (κ3) is 7.00. The third-order valence-corrected chi connectivity index (χ3v) is 3.86. The minimum atomic E-state index is -0.849. The summed E-state index contributed by atoms with van der Waals surface area (Å²) in [6, 6.07) is 13.4. The van der Waals surface area contributed by atoms with E-state index in [9.17, 15) is 14.4 Å². The fourth-order valence-corrected chi connectivity index (χ4v) is 2.55. The Balaban J connectivity index is 1.87. The molecule has 0 aromatic heterocycles. The first-order chi connectivity index (χ1) is 13.5. The van der Waals surface area contributed by atoms with Crippen molar-refractivity contribution in [3.05, 3.63) is 59.7 Å². The number of isocyanates is 2. The van der Waals surface area contributed by atoms with Crippen LogP contribution < -0.4 is 9.47 Å². The fraction of sp³-hybridized carbons (Fsp3) is 0.286. The molecule has 0 saturated heterocycles. The van der Waals surface area contributed by atoms with Gasteiger partial charge in [-0.25, -0.2) is 24.4 Å². The van der Waals surface area contributed by atoms with Gasteiger partial charge < -0.3 is 9.47 Å². The zero-order valence-corrected chi connectivity index (χ0v) is 15.6. The Kier molecular flexibility index (Phi) is 7.85. The van der Waals surface area contributed by atoms with E-state index in [1.807, 2.05) is 13.8 Å². The van der Waals surface area contributed by atoms with Gasteiger partial charge in [0.15, 0.2) is 0 Å². The van der Waals surface area contributed by atoms with Crippen molar-refractivity contribution in [2.75, 3.05) is 0 Å². The van der Waals surface area contributed by atoms with Crippen LogP contribution >= 0.6 is 0 Å². The highest BCUT2D eigenvalue weighted by Gasteiger charge is 2.09. The van der Waals surface area contributed by atoms with Crippen LogP contribution in [0.5, 0.6) is 11.5 Å². The molecule has 0 saturated carbocycles. The van der Waals surface area contributed by atoms with Crippen LogP contribution in [0.25, 0.3) is 0 Å². The molecule has 0 heterocycles. The van der Waals surface area contributed by atoms with Gasteiger partial charge in [0.1, 0.15) is 11.5 Å². The maximum absolute atomic E-state index is 11.9. The SMILES string of the molecule is C[C@H](Cc1ccc(OC(=O)Oc2ccc(C[C@@H](C)N=C=O)cc2)cc1)N=C=O. The highest BCUT2D eigenvalue weighted by atomic mass is 16.7. The predicted octanol–water partition coefficient (Wildman–Crippen LogP) is 3.80. The number of rotatable bonds is 8. The molecule has 2 aromatic carbocycles. The molecular formula is C21H20N2O5. The summed E-state index contributed by atoms with van der Waals surface area (Å²) in [5.74, 6) is 0.690. The quantitative estimate of drug-likeness (QED) is 0.300. The van der Waals surface area contributed by atoms with Gasteiger partial charge in [-0.3, -0.25) is 0 Å². The summed E-state index contributed by atoms with van der Waals surface area (Å²) in [5, 5.41) is 0. The third-order valence-electron chi connectivity index (χ3n) is 3.86. The molecule has 0 N–H and O–H groups in total. The zero-order valence-electron chi connectivity index (χ0n) is 15.6. The number of carbonyl (C=O) groups excluding carboxylic acids is 3. The molecule has 144 valence electrons.